The Morgan fingerprint density at radius 3 is 2.67 bits per heavy atom. The van der Waals surface area contributed by atoms with Crippen LogP contribution in [0, 0.1) is 0 Å². The number of ether oxygens (including phenoxy) is 1. The second-order valence-corrected chi connectivity index (χ2v) is 6.02. The summed E-state index contributed by atoms with van der Waals surface area (Å²) in [5.41, 5.74) is 1.76. The van der Waals surface area contributed by atoms with Crippen LogP contribution in [0.15, 0.2) is 75.6 Å². The number of rotatable bonds is 3. The quantitative estimate of drug-likeness (QED) is 0.541. The van der Waals surface area contributed by atoms with E-state index in [0.717, 1.165) is 38.5 Å². The molecule has 5 heteroatoms. The van der Waals surface area contributed by atoms with E-state index in [9.17, 15) is 0 Å². The van der Waals surface area contributed by atoms with Gasteiger partial charge in [-0.25, -0.2) is 9.98 Å². The monoisotopic (exact) mass is 334 g/mol. The van der Waals surface area contributed by atoms with Gasteiger partial charge in [0.2, 0.25) is 5.13 Å². The molecule has 4 nitrogen and oxygen atoms in total. The van der Waals surface area contributed by atoms with E-state index in [1.165, 1.54) is 11.3 Å². The van der Waals surface area contributed by atoms with Gasteiger partial charge in [0.1, 0.15) is 17.1 Å². The summed E-state index contributed by atoms with van der Waals surface area (Å²) in [6, 6.07) is 17.6. The first-order valence-electron chi connectivity index (χ1n) is 7.45. The lowest BCUT2D eigenvalue weighted by molar-refractivity contribution is 0.415. The molecule has 0 saturated carbocycles. The Bertz CT molecular complexity index is 1040. The number of thiazole rings is 1. The number of methoxy groups -OCH3 is 1. The molecule has 0 amide bonds. The fraction of sp³-hybridized carbons (Fsp3) is 0.0526. The van der Waals surface area contributed by atoms with Crippen LogP contribution in [-0.2, 0) is 0 Å². The third-order valence-corrected chi connectivity index (χ3v) is 4.33. The summed E-state index contributed by atoms with van der Waals surface area (Å²) in [6.07, 6.45) is 1.75. The van der Waals surface area contributed by atoms with Gasteiger partial charge in [-0.3, -0.25) is 0 Å². The highest BCUT2D eigenvalue weighted by atomic mass is 32.1. The third kappa shape index (κ3) is 2.81. The van der Waals surface area contributed by atoms with Gasteiger partial charge >= 0.3 is 0 Å². The first-order valence-corrected chi connectivity index (χ1v) is 8.33. The molecule has 4 rings (SSSR count). The van der Waals surface area contributed by atoms with Gasteiger partial charge in [-0.05, 0) is 36.4 Å². The van der Waals surface area contributed by atoms with Crippen LogP contribution in [0.4, 0.5) is 5.13 Å². The standard InChI is InChI=1S/C19H14N2O2S/c1-22-14-8-6-13(7-9-14)18-12-16(21-19-20-10-11-24-19)15-4-2-3-5-17(15)23-18/h2-12H,1H3. The number of fused-ring (bicyclic) bond motifs is 1. The zero-order valence-electron chi connectivity index (χ0n) is 13.0. The predicted octanol–water partition coefficient (Wildman–Crippen LogP) is 4.80. The summed E-state index contributed by atoms with van der Waals surface area (Å²) in [5, 5.41) is 4.45. The van der Waals surface area contributed by atoms with Crippen molar-refractivity contribution in [3.63, 3.8) is 0 Å². The van der Waals surface area contributed by atoms with Crippen LogP contribution in [0.2, 0.25) is 0 Å². The summed E-state index contributed by atoms with van der Waals surface area (Å²) in [4.78, 5) is 8.92. The van der Waals surface area contributed by atoms with E-state index in [-0.39, 0.29) is 0 Å². The molecule has 2 heterocycles. The Labute approximate surface area is 142 Å². The summed E-state index contributed by atoms with van der Waals surface area (Å²) in [7, 11) is 1.65. The SMILES string of the molecule is COc1ccc(-c2cc(=Nc3nccs3)c3ccccc3o2)cc1. The molecule has 0 unspecified atom stereocenters. The van der Waals surface area contributed by atoms with Crippen LogP contribution < -0.4 is 10.1 Å². The molecule has 0 spiro atoms. The van der Waals surface area contributed by atoms with Crippen LogP contribution in [0.25, 0.3) is 22.3 Å². The maximum absolute atomic E-state index is 6.06. The molecule has 0 aliphatic carbocycles. The lowest BCUT2D eigenvalue weighted by Gasteiger charge is -2.05. The molecule has 0 radical (unpaired) electrons. The van der Waals surface area contributed by atoms with Crippen molar-refractivity contribution in [2.75, 3.05) is 7.11 Å². The summed E-state index contributed by atoms with van der Waals surface area (Å²) < 4.78 is 11.3. The van der Waals surface area contributed by atoms with E-state index in [1.54, 1.807) is 13.3 Å². The van der Waals surface area contributed by atoms with Gasteiger partial charge in [0.15, 0.2) is 0 Å². The average molecular weight is 334 g/mol. The molecule has 2 aromatic carbocycles. The molecular formula is C19H14N2O2S. The lowest BCUT2D eigenvalue weighted by Crippen LogP contribution is -2.02. The van der Waals surface area contributed by atoms with E-state index in [2.05, 4.69) is 9.98 Å². The zero-order valence-corrected chi connectivity index (χ0v) is 13.8. The lowest BCUT2D eigenvalue weighted by atomic mass is 10.1. The molecule has 118 valence electrons. The van der Waals surface area contributed by atoms with Crippen molar-refractivity contribution in [2.45, 2.75) is 0 Å². The minimum absolute atomic E-state index is 0.729. The van der Waals surface area contributed by atoms with Crippen LogP contribution in [-0.4, -0.2) is 12.1 Å². The Morgan fingerprint density at radius 1 is 1.08 bits per heavy atom. The first-order chi connectivity index (χ1) is 11.8. The molecule has 0 N–H and O–H groups in total. The maximum Gasteiger partial charge on any atom is 0.209 e. The van der Waals surface area contributed by atoms with Crippen molar-refractivity contribution in [1.29, 1.82) is 0 Å². The molecule has 0 atom stereocenters. The molecule has 0 aliphatic rings. The van der Waals surface area contributed by atoms with E-state index in [1.807, 2.05) is 60.0 Å². The number of nitrogens with zero attached hydrogens (tertiary/aromatic N) is 2. The fourth-order valence-corrected chi connectivity index (χ4v) is 3.00. The Hall–Kier alpha value is -2.92. The summed E-state index contributed by atoms with van der Waals surface area (Å²) >= 11 is 1.51. The van der Waals surface area contributed by atoms with E-state index >= 15 is 0 Å². The summed E-state index contributed by atoms with van der Waals surface area (Å²) in [5.74, 6) is 1.57. The molecule has 0 saturated heterocycles. The van der Waals surface area contributed by atoms with Crippen molar-refractivity contribution in [1.82, 2.24) is 4.98 Å². The van der Waals surface area contributed by atoms with Crippen molar-refractivity contribution in [3.05, 3.63) is 71.5 Å². The van der Waals surface area contributed by atoms with Gasteiger partial charge in [-0.15, -0.1) is 11.3 Å². The van der Waals surface area contributed by atoms with E-state index in [0.29, 0.717) is 0 Å². The van der Waals surface area contributed by atoms with Crippen LogP contribution >= 0.6 is 11.3 Å². The average Bonchev–Trinajstić information content (AvgIpc) is 3.15. The highest BCUT2D eigenvalue weighted by Crippen LogP contribution is 2.25. The van der Waals surface area contributed by atoms with Crippen molar-refractivity contribution >= 4 is 27.4 Å². The van der Waals surface area contributed by atoms with Gasteiger partial charge in [-0.2, -0.15) is 0 Å². The molecule has 24 heavy (non-hydrogen) atoms. The summed E-state index contributed by atoms with van der Waals surface area (Å²) in [6.45, 7) is 0. The zero-order chi connectivity index (χ0) is 16.4. The van der Waals surface area contributed by atoms with Gasteiger partial charge in [0, 0.05) is 28.6 Å². The number of hydrogen-bond donors (Lipinski definition) is 0. The Morgan fingerprint density at radius 2 is 1.92 bits per heavy atom. The first kappa shape index (κ1) is 14.7. The third-order valence-electron chi connectivity index (χ3n) is 3.66. The topological polar surface area (TPSA) is 47.6 Å². The maximum atomic E-state index is 6.06. The van der Waals surface area contributed by atoms with Crippen molar-refractivity contribution < 1.29 is 9.15 Å². The van der Waals surface area contributed by atoms with Crippen LogP contribution in [0.1, 0.15) is 0 Å². The molecule has 0 bridgehead atoms. The fourth-order valence-electron chi connectivity index (χ4n) is 2.48. The minimum atomic E-state index is 0.729. The minimum Gasteiger partial charge on any atom is -0.497 e. The highest BCUT2D eigenvalue weighted by Gasteiger charge is 2.06. The second kappa shape index (κ2) is 6.29. The smallest absolute Gasteiger partial charge is 0.209 e. The molecule has 0 aliphatic heterocycles. The molecule has 0 fully saturated rings. The molecule has 4 aromatic rings. The second-order valence-electron chi connectivity index (χ2n) is 5.15. The van der Waals surface area contributed by atoms with Gasteiger partial charge in [0.25, 0.3) is 0 Å². The molecule has 2 aromatic heterocycles. The Balaban J connectivity index is 1.94. The van der Waals surface area contributed by atoms with Crippen molar-refractivity contribution in [3.8, 4) is 17.1 Å². The van der Waals surface area contributed by atoms with Crippen molar-refractivity contribution in [2.24, 2.45) is 4.99 Å². The Kier molecular flexibility index (Phi) is 3.84. The normalized spacial score (nSPS) is 11.8. The van der Waals surface area contributed by atoms with Gasteiger partial charge in [-0.1, -0.05) is 12.1 Å². The van der Waals surface area contributed by atoms with Crippen LogP contribution in [0.3, 0.4) is 0 Å². The van der Waals surface area contributed by atoms with E-state index < -0.39 is 0 Å². The number of hydrogen-bond acceptors (Lipinski definition) is 5. The number of aromatic nitrogens is 1. The van der Waals surface area contributed by atoms with Crippen LogP contribution in [0.5, 0.6) is 5.75 Å². The van der Waals surface area contributed by atoms with Gasteiger partial charge < -0.3 is 9.15 Å². The van der Waals surface area contributed by atoms with E-state index in [4.69, 9.17) is 9.15 Å². The predicted molar refractivity (Wildman–Crippen MR) is 95.5 cm³/mol. The van der Waals surface area contributed by atoms with Gasteiger partial charge in [0.05, 0.1) is 12.5 Å². The largest absolute Gasteiger partial charge is 0.497 e. The number of benzene rings is 2. The highest BCUT2D eigenvalue weighted by molar-refractivity contribution is 7.13. The molecular weight excluding hydrogens is 320 g/mol. The number of para-hydroxylation sites is 1.